The van der Waals surface area contributed by atoms with Gasteiger partial charge in [-0.05, 0) is 48.7 Å². The first kappa shape index (κ1) is 15.4. The molecule has 2 aromatic carbocycles. The van der Waals surface area contributed by atoms with Crippen LogP contribution in [0.25, 0.3) is 0 Å². The van der Waals surface area contributed by atoms with Gasteiger partial charge in [-0.25, -0.2) is 0 Å². The van der Waals surface area contributed by atoms with E-state index in [-0.39, 0.29) is 6.04 Å². The topological polar surface area (TPSA) is 35.2 Å². The van der Waals surface area contributed by atoms with Gasteiger partial charge in [0.1, 0.15) is 5.75 Å². The van der Waals surface area contributed by atoms with Gasteiger partial charge in [-0.2, -0.15) is 0 Å². The van der Waals surface area contributed by atoms with Crippen molar-refractivity contribution in [2.45, 2.75) is 19.9 Å². The molecule has 0 saturated carbocycles. The molecule has 0 heterocycles. The summed E-state index contributed by atoms with van der Waals surface area (Å²) in [5.74, 6) is 0.713. The number of hydrogen-bond acceptors (Lipinski definition) is 2. The van der Waals surface area contributed by atoms with Crippen LogP contribution in [0.4, 0.5) is 0 Å². The number of hydrogen-bond donors (Lipinski definition) is 1. The Bertz CT molecular complexity index is 643. The van der Waals surface area contributed by atoms with Gasteiger partial charge in [0.25, 0.3) is 0 Å². The highest BCUT2D eigenvalue weighted by atomic mass is 79.9. The van der Waals surface area contributed by atoms with Gasteiger partial charge in [-0.15, -0.1) is 0 Å². The molecule has 0 aliphatic heterocycles. The maximum absolute atomic E-state index is 6.42. The molecule has 1 unspecified atom stereocenters. The minimum atomic E-state index is -0.242. The molecule has 2 nitrogen and oxygen atoms in total. The van der Waals surface area contributed by atoms with Crippen LogP contribution in [0.1, 0.15) is 28.3 Å². The van der Waals surface area contributed by atoms with Crippen LogP contribution in [0.2, 0.25) is 5.02 Å². The zero-order valence-electron chi connectivity index (χ0n) is 11.7. The van der Waals surface area contributed by atoms with Crippen molar-refractivity contribution < 1.29 is 4.74 Å². The molecule has 20 heavy (non-hydrogen) atoms. The van der Waals surface area contributed by atoms with E-state index in [9.17, 15) is 0 Å². The molecular formula is C16H17BrClNO. The molecule has 0 aliphatic rings. The summed E-state index contributed by atoms with van der Waals surface area (Å²) in [6, 6.07) is 9.50. The van der Waals surface area contributed by atoms with Crippen LogP contribution in [-0.2, 0) is 0 Å². The minimum absolute atomic E-state index is 0.242. The molecule has 0 aromatic heterocycles. The van der Waals surface area contributed by atoms with Gasteiger partial charge in [-0.3, -0.25) is 0 Å². The first-order chi connectivity index (χ1) is 9.43. The molecule has 0 fully saturated rings. The Hall–Kier alpha value is -1.03. The SMILES string of the molecule is COc1cc(Cl)ccc1C(N)c1cc(C)c(Br)cc1C. The Morgan fingerprint density at radius 1 is 1.10 bits per heavy atom. The maximum Gasteiger partial charge on any atom is 0.125 e. The second-order valence-corrected chi connectivity index (χ2v) is 6.11. The van der Waals surface area contributed by atoms with Crippen LogP contribution in [0.3, 0.4) is 0 Å². The van der Waals surface area contributed by atoms with Crippen LogP contribution in [0, 0.1) is 13.8 Å². The number of aryl methyl sites for hydroxylation is 2. The Morgan fingerprint density at radius 2 is 1.80 bits per heavy atom. The summed E-state index contributed by atoms with van der Waals surface area (Å²) in [6.45, 7) is 4.11. The summed E-state index contributed by atoms with van der Waals surface area (Å²) in [5, 5.41) is 0.640. The number of methoxy groups -OCH3 is 1. The monoisotopic (exact) mass is 353 g/mol. The van der Waals surface area contributed by atoms with Crippen LogP contribution in [0.15, 0.2) is 34.8 Å². The highest BCUT2D eigenvalue weighted by Crippen LogP contribution is 2.33. The van der Waals surface area contributed by atoms with Crippen molar-refractivity contribution in [3.05, 3.63) is 62.1 Å². The second kappa shape index (κ2) is 6.17. The number of ether oxygens (including phenoxy) is 1. The van der Waals surface area contributed by atoms with Crippen molar-refractivity contribution in [3.63, 3.8) is 0 Å². The summed E-state index contributed by atoms with van der Waals surface area (Å²) < 4.78 is 6.48. The molecular weight excluding hydrogens is 338 g/mol. The first-order valence-corrected chi connectivity index (χ1v) is 7.46. The number of benzene rings is 2. The van der Waals surface area contributed by atoms with E-state index in [4.69, 9.17) is 22.1 Å². The van der Waals surface area contributed by atoms with Crippen molar-refractivity contribution in [1.82, 2.24) is 0 Å². The van der Waals surface area contributed by atoms with Gasteiger partial charge in [0.05, 0.1) is 13.2 Å². The predicted octanol–water partition coefficient (Wildman–Crippen LogP) is 4.78. The fourth-order valence-corrected chi connectivity index (χ4v) is 2.87. The van der Waals surface area contributed by atoms with E-state index in [1.165, 1.54) is 0 Å². The van der Waals surface area contributed by atoms with E-state index in [1.807, 2.05) is 12.1 Å². The van der Waals surface area contributed by atoms with Gasteiger partial charge in [0.15, 0.2) is 0 Å². The van der Waals surface area contributed by atoms with Crippen molar-refractivity contribution in [2.24, 2.45) is 5.73 Å². The van der Waals surface area contributed by atoms with E-state index >= 15 is 0 Å². The van der Waals surface area contributed by atoms with Crippen molar-refractivity contribution in [1.29, 1.82) is 0 Å². The summed E-state index contributed by atoms with van der Waals surface area (Å²) >= 11 is 9.54. The molecule has 2 N–H and O–H groups in total. The third-order valence-electron chi connectivity index (χ3n) is 3.41. The van der Waals surface area contributed by atoms with E-state index in [2.05, 4.69) is 41.9 Å². The molecule has 2 aromatic rings. The summed E-state index contributed by atoms with van der Waals surface area (Å²) in [6.07, 6.45) is 0. The van der Waals surface area contributed by atoms with Crippen LogP contribution in [0.5, 0.6) is 5.75 Å². The number of rotatable bonds is 3. The zero-order chi connectivity index (χ0) is 14.9. The predicted molar refractivity (Wildman–Crippen MR) is 87.7 cm³/mol. The van der Waals surface area contributed by atoms with Crippen molar-refractivity contribution in [3.8, 4) is 5.75 Å². The number of halogens is 2. The molecule has 2 rings (SSSR count). The van der Waals surface area contributed by atoms with Gasteiger partial charge < -0.3 is 10.5 Å². The van der Waals surface area contributed by atoms with Crippen molar-refractivity contribution in [2.75, 3.05) is 7.11 Å². The zero-order valence-corrected chi connectivity index (χ0v) is 14.0. The van der Waals surface area contributed by atoms with Crippen molar-refractivity contribution >= 4 is 27.5 Å². The Kier molecular flexibility index (Phi) is 4.74. The molecule has 4 heteroatoms. The fraction of sp³-hybridized carbons (Fsp3) is 0.250. The standard InChI is InChI=1S/C16H17BrClNO/c1-9-7-14(17)10(2)6-13(9)16(19)12-5-4-11(18)8-15(12)20-3/h4-8,16H,19H2,1-3H3. The summed E-state index contributed by atoms with van der Waals surface area (Å²) in [4.78, 5) is 0. The molecule has 0 bridgehead atoms. The Morgan fingerprint density at radius 3 is 2.45 bits per heavy atom. The lowest BCUT2D eigenvalue weighted by Crippen LogP contribution is -2.14. The Balaban J connectivity index is 2.51. The van der Waals surface area contributed by atoms with Crippen LogP contribution < -0.4 is 10.5 Å². The first-order valence-electron chi connectivity index (χ1n) is 6.29. The lowest BCUT2D eigenvalue weighted by atomic mass is 9.94. The molecule has 1 atom stereocenters. The van der Waals surface area contributed by atoms with E-state index < -0.39 is 0 Å². The number of nitrogens with two attached hydrogens (primary N) is 1. The fourth-order valence-electron chi connectivity index (χ4n) is 2.25. The molecule has 0 aliphatic carbocycles. The largest absolute Gasteiger partial charge is 0.496 e. The van der Waals surface area contributed by atoms with Gasteiger partial charge in [-0.1, -0.05) is 39.7 Å². The average molecular weight is 355 g/mol. The summed E-state index contributed by atoms with van der Waals surface area (Å²) in [5.41, 5.74) is 10.8. The highest BCUT2D eigenvalue weighted by Gasteiger charge is 2.17. The van der Waals surface area contributed by atoms with Gasteiger partial charge in [0.2, 0.25) is 0 Å². The maximum atomic E-state index is 6.42. The summed E-state index contributed by atoms with van der Waals surface area (Å²) in [7, 11) is 1.63. The second-order valence-electron chi connectivity index (χ2n) is 4.82. The van der Waals surface area contributed by atoms with Crippen LogP contribution in [-0.4, -0.2) is 7.11 Å². The lowest BCUT2D eigenvalue weighted by Gasteiger charge is -2.19. The third-order valence-corrected chi connectivity index (χ3v) is 4.50. The molecule has 0 radical (unpaired) electrons. The molecule has 0 amide bonds. The normalized spacial score (nSPS) is 12.3. The Labute approximate surface area is 133 Å². The van der Waals surface area contributed by atoms with Gasteiger partial charge in [0, 0.05) is 15.1 Å². The van der Waals surface area contributed by atoms with E-state index in [1.54, 1.807) is 13.2 Å². The quantitative estimate of drug-likeness (QED) is 0.861. The van der Waals surface area contributed by atoms with Crippen LogP contribution >= 0.6 is 27.5 Å². The average Bonchev–Trinajstić information content (AvgIpc) is 2.42. The van der Waals surface area contributed by atoms with Gasteiger partial charge >= 0.3 is 0 Å². The molecule has 106 valence electrons. The molecule has 0 saturated heterocycles. The van der Waals surface area contributed by atoms with E-state index in [0.29, 0.717) is 10.8 Å². The lowest BCUT2D eigenvalue weighted by molar-refractivity contribution is 0.408. The molecule has 0 spiro atoms. The van der Waals surface area contributed by atoms with E-state index in [0.717, 1.165) is 26.7 Å². The highest BCUT2D eigenvalue weighted by molar-refractivity contribution is 9.10. The smallest absolute Gasteiger partial charge is 0.125 e. The minimum Gasteiger partial charge on any atom is -0.496 e. The third kappa shape index (κ3) is 3.00.